The van der Waals surface area contributed by atoms with Gasteiger partial charge in [-0.25, -0.2) is 4.98 Å². The van der Waals surface area contributed by atoms with Crippen molar-refractivity contribution in [3.63, 3.8) is 0 Å². The number of piperidine rings is 1. The van der Waals surface area contributed by atoms with Gasteiger partial charge in [0.05, 0.1) is 17.6 Å². The summed E-state index contributed by atoms with van der Waals surface area (Å²) in [7, 11) is 0. The second kappa shape index (κ2) is 6.32. The summed E-state index contributed by atoms with van der Waals surface area (Å²) in [6, 6.07) is 18.3. The molecule has 0 bridgehead atoms. The summed E-state index contributed by atoms with van der Waals surface area (Å²) in [5.74, 6) is 2.58. The standard InChI is InChI=1S/C19H21N3O/c1-2-6-16(7-3-1)23-14-15-10-12-22(13-11-15)19-20-17-8-4-5-9-18(17)21-19/h1-9,15H,10-14H2,(H,20,21). The molecule has 4 nitrogen and oxygen atoms in total. The molecule has 3 aromatic rings. The van der Waals surface area contributed by atoms with Crippen LogP contribution in [0.1, 0.15) is 12.8 Å². The maximum Gasteiger partial charge on any atom is 0.203 e. The van der Waals surface area contributed by atoms with Gasteiger partial charge in [-0.1, -0.05) is 30.3 Å². The van der Waals surface area contributed by atoms with Crippen molar-refractivity contribution in [2.45, 2.75) is 12.8 Å². The van der Waals surface area contributed by atoms with E-state index in [1.54, 1.807) is 0 Å². The van der Waals surface area contributed by atoms with Crippen LogP contribution in [0.15, 0.2) is 54.6 Å². The molecular weight excluding hydrogens is 286 g/mol. The molecule has 0 atom stereocenters. The van der Waals surface area contributed by atoms with Gasteiger partial charge in [-0.3, -0.25) is 0 Å². The predicted octanol–water partition coefficient (Wildman–Crippen LogP) is 3.86. The van der Waals surface area contributed by atoms with E-state index in [2.05, 4.69) is 22.0 Å². The highest BCUT2D eigenvalue weighted by atomic mass is 16.5. The minimum Gasteiger partial charge on any atom is -0.493 e. The average Bonchev–Trinajstić information content (AvgIpc) is 3.05. The van der Waals surface area contributed by atoms with E-state index in [4.69, 9.17) is 9.72 Å². The zero-order chi connectivity index (χ0) is 15.5. The zero-order valence-electron chi connectivity index (χ0n) is 13.1. The Morgan fingerprint density at radius 1 is 1.00 bits per heavy atom. The van der Waals surface area contributed by atoms with Gasteiger partial charge in [0.15, 0.2) is 0 Å². The Hall–Kier alpha value is -2.49. The van der Waals surface area contributed by atoms with E-state index in [0.717, 1.165) is 55.3 Å². The van der Waals surface area contributed by atoms with E-state index in [9.17, 15) is 0 Å². The van der Waals surface area contributed by atoms with Crippen LogP contribution in [0.3, 0.4) is 0 Å². The third-order valence-electron chi connectivity index (χ3n) is 4.52. The van der Waals surface area contributed by atoms with Gasteiger partial charge in [-0.2, -0.15) is 0 Å². The van der Waals surface area contributed by atoms with Crippen molar-refractivity contribution in [1.29, 1.82) is 0 Å². The van der Waals surface area contributed by atoms with Crippen molar-refractivity contribution in [1.82, 2.24) is 9.97 Å². The molecular formula is C19H21N3O. The number of para-hydroxylation sites is 3. The highest BCUT2D eigenvalue weighted by molar-refractivity contribution is 5.77. The Bertz CT molecular complexity index is 727. The minimum absolute atomic E-state index is 0.621. The van der Waals surface area contributed by atoms with Gasteiger partial charge >= 0.3 is 0 Å². The van der Waals surface area contributed by atoms with Crippen LogP contribution in [0.2, 0.25) is 0 Å². The fourth-order valence-electron chi connectivity index (χ4n) is 3.13. The second-order valence-corrected chi connectivity index (χ2v) is 6.13. The third kappa shape index (κ3) is 3.16. The van der Waals surface area contributed by atoms with Crippen molar-refractivity contribution < 1.29 is 4.74 Å². The first-order valence-electron chi connectivity index (χ1n) is 8.26. The molecule has 1 aliphatic rings. The van der Waals surface area contributed by atoms with Gasteiger partial charge in [-0.05, 0) is 43.0 Å². The molecule has 2 heterocycles. The van der Waals surface area contributed by atoms with Crippen molar-refractivity contribution in [3.8, 4) is 5.75 Å². The highest BCUT2D eigenvalue weighted by Gasteiger charge is 2.21. The number of anilines is 1. The Morgan fingerprint density at radius 2 is 1.74 bits per heavy atom. The quantitative estimate of drug-likeness (QED) is 0.796. The van der Waals surface area contributed by atoms with E-state index in [1.807, 2.05) is 42.5 Å². The molecule has 4 heteroatoms. The molecule has 0 amide bonds. The average molecular weight is 307 g/mol. The summed E-state index contributed by atoms with van der Waals surface area (Å²) in [6.07, 6.45) is 2.29. The smallest absolute Gasteiger partial charge is 0.203 e. The number of H-pyrrole nitrogens is 1. The first-order valence-corrected chi connectivity index (χ1v) is 8.26. The van der Waals surface area contributed by atoms with Gasteiger partial charge in [0.25, 0.3) is 0 Å². The summed E-state index contributed by atoms with van der Waals surface area (Å²) in [5.41, 5.74) is 2.15. The molecule has 1 fully saturated rings. The molecule has 118 valence electrons. The highest BCUT2D eigenvalue weighted by Crippen LogP contribution is 2.24. The number of nitrogens with one attached hydrogen (secondary N) is 1. The molecule has 1 saturated heterocycles. The van der Waals surface area contributed by atoms with E-state index in [0.29, 0.717) is 5.92 Å². The number of nitrogens with zero attached hydrogens (tertiary/aromatic N) is 2. The number of benzene rings is 2. The Labute approximate surface area is 136 Å². The number of imidazole rings is 1. The zero-order valence-corrected chi connectivity index (χ0v) is 13.1. The number of aromatic amines is 1. The number of rotatable bonds is 4. The second-order valence-electron chi connectivity index (χ2n) is 6.13. The molecule has 1 aliphatic heterocycles. The largest absolute Gasteiger partial charge is 0.493 e. The molecule has 0 unspecified atom stereocenters. The maximum absolute atomic E-state index is 5.89. The molecule has 0 radical (unpaired) electrons. The van der Waals surface area contributed by atoms with Crippen LogP contribution in [-0.4, -0.2) is 29.7 Å². The van der Waals surface area contributed by atoms with E-state index in [1.165, 1.54) is 0 Å². The van der Waals surface area contributed by atoms with Gasteiger partial charge in [-0.15, -0.1) is 0 Å². The van der Waals surface area contributed by atoms with Gasteiger partial charge in [0.2, 0.25) is 5.95 Å². The number of ether oxygens (including phenoxy) is 1. The molecule has 23 heavy (non-hydrogen) atoms. The fourth-order valence-corrected chi connectivity index (χ4v) is 3.13. The van der Waals surface area contributed by atoms with Crippen LogP contribution < -0.4 is 9.64 Å². The van der Waals surface area contributed by atoms with Crippen molar-refractivity contribution in [2.24, 2.45) is 5.92 Å². The molecule has 2 aromatic carbocycles. The Morgan fingerprint density at radius 3 is 2.52 bits per heavy atom. The van der Waals surface area contributed by atoms with Gasteiger partial charge < -0.3 is 14.6 Å². The third-order valence-corrected chi connectivity index (χ3v) is 4.52. The molecule has 1 N–H and O–H groups in total. The summed E-state index contributed by atoms with van der Waals surface area (Å²) >= 11 is 0. The van der Waals surface area contributed by atoms with E-state index < -0.39 is 0 Å². The lowest BCUT2D eigenvalue weighted by molar-refractivity contribution is 0.222. The molecule has 0 saturated carbocycles. The van der Waals surface area contributed by atoms with Crippen LogP contribution in [-0.2, 0) is 0 Å². The lowest BCUT2D eigenvalue weighted by atomic mass is 9.98. The molecule has 0 aliphatic carbocycles. The van der Waals surface area contributed by atoms with Gasteiger partial charge in [0.1, 0.15) is 5.75 Å². The number of hydrogen-bond donors (Lipinski definition) is 1. The minimum atomic E-state index is 0.621. The van der Waals surface area contributed by atoms with Crippen LogP contribution in [0.4, 0.5) is 5.95 Å². The SMILES string of the molecule is c1ccc(OCC2CCN(c3nc4ccccc4[nH]3)CC2)cc1. The van der Waals surface area contributed by atoms with Crippen LogP contribution >= 0.6 is 0 Å². The topological polar surface area (TPSA) is 41.1 Å². The predicted molar refractivity (Wildman–Crippen MR) is 93.0 cm³/mol. The van der Waals surface area contributed by atoms with E-state index in [-0.39, 0.29) is 0 Å². The molecule has 0 spiro atoms. The normalized spacial score (nSPS) is 15.9. The summed E-state index contributed by atoms with van der Waals surface area (Å²) in [4.78, 5) is 10.5. The summed E-state index contributed by atoms with van der Waals surface area (Å²) in [6.45, 7) is 2.86. The lowest BCUT2D eigenvalue weighted by Crippen LogP contribution is -2.36. The van der Waals surface area contributed by atoms with Gasteiger partial charge in [0, 0.05) is 13.1 Å². The van der Waals surface area contributed by atoms with E-state index >= 15 is 0 Å². The molecule has 4 rings (SSSR count). The monoisotopic (exact) mass is 307 g/mol. The van der Waals surface area contributed by atoms with Crippen LogP contribution in [0.5, 0.6) is 5.75 Å². The Balaban J connectivity index is 1.33. The number of aromatic nitrogens is 2. The lowest BCUT2D eigenvalue weighted by Gasteiger charge is -2.31. The number of fused-ring (bicyclic) bond motifs is 1. The summed E-state index contributed by atoms with van der Waals surface area (Å²) < 4.78 is 5.89. The number of hydrogen-bond acceptors (Lipinski definition) is 3. The van der Waals surface area contributed by atoms with Crippen molar-refractivity contribution >= 4 is 17.0 Å². The Kier molecular flexibility index (Phi) is 3.88. The maximum atomic E-state index is 5.89. The van der Waals surface area contributed by atoms with Crippen LogP contribution in [0.25, 0.3) is 11.0 Å². The van der Waals surface area contributed by atoms with Crippen LogP contribution in [0, 0.1) is 5.92 Å². The van der Waals surface area contributed by atoms with Crippen molar-refractivity contribution in [2.75, 3.05) is 24.6 Å². The molecule has 1 aromatic heterocycles. The summed E-state index contributed by atoms with van der Waals surface area (Å²) in [5, 5.41) is 0. The van der Waals surface area contributed by atoms with Crippen molar-refractivity contribution in [3.05, 3.63) is 54.6 Å². The first-order chi connectivity index (χ1) is 11.4. The fraction of sp³-hybridized carbons (Fsp3) is 0.316. The first kappa shape index (κ1) is 14.1.